The van der Waals surface area contributed by atoms with Crippen LogP contribution < -0.4 is 4.90 Å². The average molecular weight is 393 g/mol. The first-order valence-electron chi connectivity index (χ1n) is 9.47. The van der Waals surface area contributed by atoms with Gasteiger partial charge in [-0.1, -0.05) is 0 Å². The number of anilines is 1. The smallest absolute Gasteiger partial charge is 0.143 e. The Morgan fingerprint density at radius 1 is 1.11 bits per heavy atom. The molecular weight excluding hydrogens is 373 g/mol. The fraction of sp³-hybridized carbons (Fsp3) is 0.333. The number of pyridine rings is 2. The number of aromatic nitrogens is 4. The molecule has 0 radical (unpaired) electrons. The molecule has 0 unspecified atom stereocenters. The van der Waals surface area contributed by atoms with E-state index in [1.54, 1.807) is 29.9 Å². The quantitative estimate of drug-likeness (QED) is 0.491. The molecule has 0 spiro atoms. The minimum Gasteiger partial charge on any atom is -0.370 e. The number of hydrogen-bond acceptors (Lipinski definition) is 6. The summed E-state index contributed by atoms with van der Waals surface area (Å²) in [5, 5.41) is 1.15. The highest BCUT2D eigenvalue weighted by atomic mass is 32.1. The molecule has 0 N–H and O–H groups in total. The Hall–Kier alpha value is -2.67. The number of halogens is 1. The van der Waals surface area contributed by atoms with Crippen LogP contribution in [0.15, 0.2) is 30.9 Å². The van der Waals surface area contributed by atoms with Crippen molar-refractivity contribution in [3.63, 3.8) is 0 Å². The van der Waals surface area contributed by atoms with Crippen LogP contribution in [0.2, 0.25) is 0 Å². The van der Waals surface area contributed by atoms with Crippen molar-refractivity contribution < 1.29 is 4.39 Å². The standard InChI is InChI=1S/C21H20FN5S/c1-12-7-13(2)26-21-17(12)19-20(28-21)18(24-11-25-19)14-3-5-27(6-4-14)16-8-15(22)9-23-10-16/h7-11,14H,3-6H2,1-2H3. The van der Waals surface area contributed by atoms with Crippen LogP contribution in [0, 0.1) is 19.7 Å². The summed E-state index contributed by atoms with van der Waals surface area (Å²) in [5.41, 5.74) is 5.24. The largest absolute Gasteiger partial charge is 0.370 e. The second-order valence-corrected chi connectivity index (χ2v) is 8.42. The van der Waals surface area contributed by atoms with E-state index in [2.05, 4.69) is 32.8 Å². The van der Waals surface area contributed by atoms with Crippen LogP contribution in [-0.2, 0) is 0 Å². The highest BCUT2D eigenvalue weighted by Crippen LogP contribution is 2.39. The first-order valence-corrected chi connectivity index (χ1v) is 10.3. The summed E-state index contributed by atoms with van der Waals surface area (Å²) in [6, 6.07) is 3.67. The van der Waals surface area contributed by atoms with Crippen molar-refractivity contribution in [1.82, 2.24) is 19.9 Å². The summed E-state index contributed by atoms with van der Waals surface area (Å²) in [7, 11) is 0. The maximum absolute atomic E-state index is 13.5. The Morgan fingerprint density at radius 3 is 2.71 bits per heavy atom. The highest BCUT2D eigenvalue weighted by Gasteiger charge is 2.25. The summed E-state index contributed by atoms with van der Waals surface area (Å²) in [5.74, 6) is 0.0818. The van der Waals surface area contributed by atoms with Crippen LogP contribution in [0.3, 0.4) is 0 Å². The Balaban J connectivity index is 1.48. The van der Waals surface area contributed by atoms with Crippen LogP contribution in [0.5, 0.6) is 0 Å². The van der Waals surface area contributed by atoms with Gasteiger partial charge in [-0.05, 0) is 38.3 Å². The molecule has 0 amide bonds. The van der Waals surface area contributed by atoms with Gasteiger partial charge >= 0.3 is 0 Å². The van der Waals surface area contributed by atoms with Crippen molar-refractivity contribution >= 4 is 37.5 Å². The van der Waals surface area contributed by atoms with E-state index in [9.17, 15) is 4.39 Å². The molecule has 7 heteroatoms. The molecule has 0 atom stereocenters. The summed E-state index contributed by atoms with van der Waals surface area (Å²) in [6.45, 7) is 5.88. The number of aryl methyl sites for hydroxylation is 2. The molecule has 5 rings (SSSR count). The predicted molar refractivity (Wildman–Crippen MR) is 111 cm³/mol. The number of fused-ring (bicyclic) bond motifs is 3. The molecule has 4 aromatic heterocycles. The second-order valence-electron chi connectivity index (χ2n) is 7.42. The molecule has 1 aliphatic heterocycles. The van der Waals surface area contributed by atoms with Gasteiger partial charge < -0.3 is 4.90 Å². The van der Waals surface area contributed by atoms with Gasteiger partial charge in [0, 0.05) is 36.2 Å². The van der Waals surface area contributed by atoms with Crippen LogP contribution in [0.1, 0.15) is 35.7 Å². The lowest BCUT2D eigenvalue weighted by molar-refractivity contribution is 0.498. The molecule has 4 aromatic rings. The van der Waals surface area contributed by atoms with Crippen molar-refractivity contribution in [1.29, 1.82) is 0 Å². The zero-order valence-corrected chi connectivity index (χ0v) is 16.6. The topological polar surface area (TPSA) is 54.8 Å². The number of hydrogen-bond donors (Lipinski definition) is 0. The van der Waals surface area contributed by atoms with E-state index in [0.29, 0.717) is 5.92 Å². The zero-order chi connectivity index (χ0) is 19.3. The summed E-state index contributed by atoms with van der Waals surface area (Å²) >= 11 is 1.70. The molecule has 0 aromatic carbocycles. The van der Waals surface area contributed by atoms with Crippen molar-refractivity contribution in [2.24, 2.45) is 0 Å². The number of thiophene rings is 1. The minimum absolute atomic E-state index is 0.291. The van der Waals surface area contributed by atoms with E-state index in [0.717, 1.165) is 63.4 Å². The third-order valence-electron chi connectivity index (χ3n) is 5.52. The lowest BCUT2D eigenvalue weighted by atomic mass is 9.92. The van der Waals surface area contributed by atoms with E-state index in [4.69, 9.17) is 4.98 Å². The highest BCUT2D eigenvalue weighted by molar-refractivity contribution is 7.25. The van der Waals surface area contributed by atoms with Crippen molar-refractivity contribution in [2.75, 3.05) is 18.0 Å². The van der Waals surface area contributed by atoms with Gasteiger partial charge in [0.25, 0.3) is 0 Å². The van der Waals surface area contributed by atoms with Crippen LogP contribution >= 0.6 is 11.3 Å². The molecule has 5 heterocycles. The van der Waals surface area contributed by atoms with Gasteiger partial charge in [0.2, 0.25) is 0 Å². The lowest BCUT2D eigenvalue weighted by Gasteiger charge is -2.33. The van der Waals surface area contributed by atoms with Gasteiger partial charge in [-0.2, -0.15) is 0 Å². The molecule has 5 nitrogen and oxygen atoms in total. The van der Waals surface area contributed by atoms with E-state index in [1.807, 2.05) is 6.92 Å². The van der Waals surface area contributed by atoms with Gasteiger partial charge in [0.1, 0.15) is 17.0 Å². The summed E-state index contributed by atoms with van der Waals surface area (Å²) in [4.78, 5) is 21.2. The zero-order valence-electron chi connectivity index (χ0n) is 15.8. The lowest BCUT2D eigenvalue weighted by Crippen LogP contribution is -2.33. The van der Waals surface area contributed by atoms with Gasteiger partial charge in [0.15, 0.2) is 0 Å². The molecule has 0 bridgehead atoms. The monoisotopic (exact) mass is 393 g/mol. The average Bonchev–Trinajstić information content (AvgIpc) is 3.06. The molecule has 1 saturated heterocycles. The third kappa shape index (κ3) is 2.90. The van der Waals surface area contributed by atoms with Gasteiger partial charge in [-0.25, -0.2) is 19.3 Å². The first-order chi connectivity index (χ1) is 13.6. The number of rotatable bonds is 2. The molecule has 142 valence electrons. The fourth-order valence-electron chi connectivity index (χ4n) is 4.20. The van der Waals surface area contributed by atoms with E-state index in [1.165, 1.54) is 11.8 Å². The fourth-order valence-corrected chi connectivity index (χ4v) is 5.52. The molecule has 0 saturated carbocycles. The third-order valence-corrected chi connectivity index (χ3v) is 6.61. The van der Waals surface area contributed by atoms with Gasteiger partial charge in [-0.3, -0.25) is 4.98 Å². The van der Waals surface area contributed by atoms with Crippen LogP contribution in [-0.4, -0.2) is 33.0 Å². The van der Waals surface area contributed by atoms with Crippen LogP contribution in [0.25, 0.3) is 20.4 Å². The normalized spacial score (nSPS) is 15.6. The molecule has 28 heavy (non-hydrogen) atoms. The Morgan fingerprint density at radius 2 is 1.93 bits per heavy atom. The van der Waals surface area contributed by atoms with Crippen molar-refractivity contribution in [3.05, 3.63) is 53.6 Å². The van der Waals surface area contributed by atoms with E-state index in [-0.39, 0.29) is 5.82 Å². The minimum atomic E-state index is -0.291. The predicted octanol–water partition coefficient (Wildman–Crippen LogP) is 4.77. The Bertz CT molecular complexity index is 1180. The summed E-state index contributed by atoms with van der Waals surface area (Å²) in [6.07, 6.45) is 6.61. The Labute approximate surface area is 166 Å². The number of piperidine rings is 1. The second kappa shape index (κ2) is 6.74. The van der Waals surface area contributed by atoms with Crippen molar-refractivity contribution in [3.8, 4) is 0 Å². The molecular formula is C21H20FN5S. The number of nitrogens with zero attached hydrogens (tertiary/aromatic N) is 5. The van der Waals surface area contributed by atoms with Crippen LogP contribution in [0.4, 0.5) is 10.1 Å². The van der Waals surface area contributed by atoms with Gasteiger partial charge in [0.05, 0.1) is 34.0 Å². The molecule has 0 aliphatic carbocycles. The van der Waals surface area contributed by atoms with E-state index >= 15 is 0 Å². The maximum Gasteiger partial charge on any atom is 0.143 e. The van der Waals surface area contributed by atoms with Gasteiger partial charge in [-0.15, -0.1) is 11.3 Å². The van der Waals surface area contributed by atoms with E-state index < -0.39 is 0 Å². The SMILES string of the molecule is Cc1cc(C)c2c(n1)sc1c(C3CCN(c4cncc(F)c4)CC3)ncnc12. The summed E-state index contributed by atoms with van der Waals surface area (Å²) < 4.78 is 14.6. The van der Waals surface area contributed by atoms with Crippen molar-refractivity contribution in [2.45, 2.75) is 32.6 Å². The molecule has 1 aliphatic rings. The maximum atomic E-state index is 13.5. The molecule has 1 fully saturated rings. The first kappa shape index (κ1) is 17.4. The Kier molecular flexibility index (Phi) is 4.19.